The van der Waals surface area contributed by atoms with Gasteiger partial charge in [-0.25, -0.2) is 0 Å². The molecule has 1 amide bonds. The van der Waals surface area contributed by atoms with Crippen LogP contribution in [0.2, 0.25) is 0 Å². The van der Waals surface area contributed by atoms with Gasteiger partial charge in [0.15, 0.2) is 0 Å². The third-order valence-electron chi connectivity index (χ3n) is 2.25. The fourth-order valence-electron chi connectivity index (χ4n) is 1.39. The monoisotopic (exact) mass is 233 g/mol. The highest BCUT2D eigenvalue weighted by atomic mass is 16.5. The number of terminal acetylenes is 1. The Bertz CT molecular complexity index is 426. The van der Waals surface area contributed by atoms with E-state index in [2.05, 4.69) is 11.2 Å². The summed E-state index contributed by atoms with van der Waals surface area (Å²) >= 11 is 0. The molecule has 0 aromatic heterocycles. The summed E-state index contributed by atoms with van der Waals surface area (Å²) in [5.74, 6) is 3.01. The first-order valence-corrected chi connectivity index (χ1v) is 5.12. The van der Waals surface area contributed by atoms with E-state index in [0.29, 0.717) is 17.1 Å². The summed E-state index contributed by atoms with van der Waals surface area (Å²) < 4.78 is 10.3. The average molecular weight is 233 g/mol. The van der Waals surface area contributed by atoms with Crippen molar-refractivity contribution in [2.24, 2.45) is 0 Å². The number of rotatable bonds is 4. The molecule has 0 bridgehead atoms. The molecule has 4 nitrogen and oxygen atoms in total. The Balaban J connectivity index is 3.10. The highest BCUT2D eigenvalue weighted by molar-refractivity contribution is 6.00. The van der Waals surface area contributed by atoms with E-state index in [9.17, 15) is 4.79 Å². The third kappa shape index (κ3) is 2.91. The summed E-state index contributed by atoms with van der Waals surface area (Å²) in [6.07, 6.45) is 5.21. The van der Waals surface area contributed by atoms with E-state index < -0.39 is 0 Å². The van der Waals surface area contributed by atoms with Crippen molar-refractivity contribution in [3.05, 3.63) is 23.8 Å². The van der Waals surface area contributed by atoms with Crippen LogP contribution < -0.4 is 14.8 Å². The molecule has 1 atom stereocenters. The molecule has 1 rings (SSSR count). The Kier molecular flexibility index (Phi) is 4.41. The van der Waals surface area contributed by atoms with E-state index in [1.165, 1.54) is 14.2 Å². The molecule has 0 aliphatic carbocycles. The Morgan fingerprint density at radius 3 is 2.29 bits per heavy atom. The van der Waals surface area contributed by atoms with Gasteiger partial charge < -0.3 is 14.8 Å². The Morgan fingerprint density at radius 1 is 1.35 bits per heavy atom. The maximum atomic E-state index is 12.0. The second-order valence-corrected chi connectivity index (χ2v) is 3.40. The van der Waals surface area contributed by atoms with E-state index in [1.807, 2.05) is 0 Å². The number of carbonyl (C=O) groups is 1. The SMILES string of the molecule is C#CC(C)NC(=O)c1c(OC)cccc1OC. The van der Waals surface area contributed by atoms with Crippen molar-refractivity contribution in [1.29, 1.82) is 0 Å². The zero-order chi connectivity index (χ0) is 12.8. The molecule has 1 unspecified atom stereocenters. The second-order valence-electron chi connectivity index (χ2n) is 3.40. The number of methoxy groups -OCH3 is 2. The summed E-state index contributed by atoms with van der Waals surface area (Å²) in [7, 11) is 2.99. The standard InChI is InChI=1S/C13H15NO3/c1-5-9(2)14-13(15)12-10(16-3)7-6-8-11(12)17-4/h1,6-9H,2-4H3,(H,14,15). The van der Waals surface area contributed by atoms with Crippen LogP contribution in [0.4, 0.5) is 0 Å². The molecule has 0 fully saturated rings. The summed E-state index contributed by atoms with van der Waals surface area (Å²) in [6.45, 7) is 1.72. The van der Waals surface area contributed by atoms with Gasteiger partial charge in [0.25, 0.3) is 5.91 Å². The lowest BCUT2D eigenvalue weighted by molar-refractivity contribution is 0.0942. The molecule has 1 N–H and O–H groups in total. The number of hydrogen-bond donors (Lipinski definition) is 1. The highest BCUT2D eigenvalue weighted by Gasteiger charge is 2.18. The molecule has 90 valence electrons. The van der Waals surface area contributed by atoms with E-state index in [0.717, 1.165) is 0 Å². The summed E-state index contributed by atoms with van der Waals surface area (Å²) in [5.41, 5.74) is 0.347. The smallest absolute Gasteiger partial charge is 0.259 e. The topological polar surface area (TPSA) is 47.6 Å². The van der Waals surface area contributed by atoms with Gasteiger partial charge in [0.2, 0.25) is 0 Å². The second kappa shape index (κ2) is 5.80. The van der Waals surface area contributed by atoms with Crippen LogP contribution in [0.5, 0.6) is 11.5 Å². The molecular formula is C13H15NO3. The Labute approximate surface area is 101 Å². The minimum Gasteiger partial charge on any atom is -0.496 e. The van der Waals surface area contributed by atoms with Crippen molar-refractivity contribution in [3.63, 3.8) is 0 Å². The molecule has 0 radical (unpaired) electrons. The van der Waals surface area contributed by atoms with Crippen LogP contribution >= 0.6 is 0 Å². The van der Waals surface area contributed by atoms with E-state index in [-0.39, 0.29) is 11.9 Å². The predicted molar refractivity (Wildman–Crippen MR) is 65.3 cm³/mol. The van der Waals surface area contributed by atoms with Gasteiger partial charge in [-0.05, 0) is 19.1 Å². The van der Waals surface area contributed by atoms with Gasteiger partial charge in [-0.2, -0.15) is 0 Å². The van der Waals surface area contributed by atoms with Crippen molar-refractivity contribution in [3.8, 4) is 23.8 Å². The zero-order valence-corrected chi connectivity index (χ0v) is 10.1. The van der Waals surface area contributed by atoms with Crippen molar-refractivity contribution in [1.82, 2.24) is 5.32 Å². The Morgan fingerprint density at radius 2 is 1.88 bits per heavy atom. The van der Waals surface area contributed by atoms with Crippen molar-refractivity contribution < 1.29 is 14.3 Å². The molecule has 1 aromatic rings. The van der Waals surface area contributed by atoms with Gasteiger partial charge in [0.1, 0.15) is 17.1 Å². The van der Waals surface area contributed by atoms with Gasteiger partial charge in [0.05, 0.1) is 20.3 Å². The maximum Gasteiger partial charge on any atom is 0.259 e. The van der Waals surface area contributed by atoms with Gasteiger partial charge in [-0.15, -0.1) is 6.42 Å². The number of nitrogens with one attached hydrogen (secondary N) is 1. The molecular weight excluding hydrogens is 218 g/mol. The predicted octanol–water partition coefficient (Wildman–Crippen LogP) is 1.46. The highest BCUT2D eigenvalue weighted by Crippen LogP contribution is 2.27. The average Bonchev–Trinajstić information content (AvgIpc) is 2.37. The lowest BCUT2D eigenvalue weighted by Crippen LogP contribution is -2.31. The molecule has 0 aliphatic rings. The molecule has 4 heteroatoms. The lowest BCUT2D eigenvalue weighted by Gasteiger charge is -2.14. The van der Waals surface area contributed by atoms with Crippen molar-refractivity contribution >= 4 is 5.91 Å². The summed E-state index contributed by atoms with van der Waals surface area (Å²) in [5, 5.41) is 2.66. The molecule has 0 saturated heterocycles. The van der Waals surface area contributed by atoms with E-state index in [1.54, 1.807) is 25.1 Å². The van der Waals surface area contributed by atoms with Crippen LogP contribution in [0.25, 0.3) is 0 Å². The van der Waals surface area contributed by atoms with Crippen LogP contribution in [0, 0.1) is 12.3 Å². The number of amides is 1. The van der Waals surface area contributed by atoms with Crippen molar-refractivity contribution in [2.75, 3.05) is 14.2 Å². The largest absolute Gasteiger partial charge is 0.496 e. The van der Waals surface area contributed by atoms with Gasteiger partial charge in [-0.1, -0.05) is 12.0 Å². The number of carbonyl (C=O) groups excluding carboxylic acids is 1. The fraction of sp³-hybridized carbons (Fsp3) is 0.308. The van der Waals surface area contributed by atoms with E-state index >= 15 is 0 Å². The van der Waals surface area contributed by atoms with E-state index in [4.69, 9.17) is 15.9 Å². The van der Waals surface area contributed by atoms with Crippen LogP contribution in [0.3, 0.4) is 0 Å². The normalized spacial score (nSPS) is 11.2. The molecule has 0 saturated carbocycles. The van der Waals surface area contributed by atoms with Crippen LogP contribution in [-0.2, 0) is 0 Å². The minimum absolute atomic E-state index is 0.315. The molecule has 1 aromatic carbocycles. The molecule has 0 spiro atoms. The number of hydrogen-bond acceptors (Lipinski definition) is 3. The lowest BCUT2D eigenvalue weighted by atomic mass is 10.1. The molecule has 0 aliphatic heterocycles. The number of ether oxygens (including phenoxy) is 2. The first-order chi connectivity index (χ1) is 8.13. The van der Waals surface area contributed by atoms with Crippen LogP contribution in [0.15, 0.2) is 18.2 Å². The summed E-state index contributed by atoms with van der Waals surface area (Å²) in [4.78, 5) is 12.0. The van der Waals surface area contributed by atoms with Crippen molar-refractivity contribution in [2.45, 2.75) is 13.0 Å². The zero-order valence-electron chi connectivity index (χ0n) is 10.1. The van der Waals surface area contributed by atoms with Crippen LogP contribution in [-0.4, -0.2) is 26.2 Å². The van der Waals surface area contributed by atoms with Gasteiger partial charge in [-0.3, -0.25) is 4.79 Å². The third-order valence-corrected chi connectivity index (χ3v) is 2.25. The first kappa shape index (κ1) is 12.9. The van der Waals surface area contributed by atoms with Gasteiger partial charge >= 0.3 is 0 Å². The minimum atomic E-state index is -0.350. The first-order valence-electron chi connectivity index (χ1n) is 5.12. The quantitative estimate of drug-likeness (QED) is 0.801. The number of benzene rings is 1. The fourth-order valence-corrected chi connectivity index (χ4v) is 1.39. The summed E-state index contributed by atoms with van der Waals surface area (Å²) in [6, 6.07) is 4.78. The molecule has 17 heavy (non-hydrogen) atoms. The maximum absolute atomic E-state index is 12.0. The van der Waals surface area contributed by atoms with Crippen LogP contribution in [0.1, 0.15) is 17.3 Å². The molecule has 0 heterocycles. The Hall–Kier alpha value is -2.15. The van der Waals surface area contributed by atoms with Gasteiger partial charge in [0, 0.05) is 0 Å².